The molecule has 0 aliphatic rings. The summed E-state index contributed by atoms with van der Waals surface area (Å²) in [5, 5.41) is 4.08. The van der Waals surface area contributed by atoms with Gasteiger partial charge in [-0.1, -0.05) is 53.2 Å². The second-order valence-corrected chi connectivity index (χ2v) is 5.61. The van der Waals surface area contributed by atoms with Gasteiger partial charge < -0.3 is 0 Å². The Labute approximate surface area is 137 Å². The summed E-state index contributed by atoms with van der Waals surface area (Å²) in [5.41, 5.74) is 1.22. The molecule has 0 fully saturated rings. The second kappa shape index (κ2) is 6.38. The molecule has 0 radical (unpaired) electrons. The van der Waals surface area contributed by atoms with Gasteiger partial charge in [0, 0.05) is 17.0 Å². The summed E-state index contributed by atoms with van der Waals surface area (Å²) in [6, 6.07) is 13.7. The molecule has 1 heterocycles. The Hall–Kier alpha value is -2.40. The average Bonchev–Trinajstić information content (AvgIpc) is 2.92. The number of rotatable bonds is 4. The van der Waals surface area contributed by atoms with Crippen molar-refractivity contribution in [3.8, 4) is 0 Å². The molecule has 0 bridgehead atoms. The summed E-state index contributed by atoms with van der Waals surface area (Å²) >= 11 is 6.05. The highest BCUT2D eigenvalue weighted by molar-refractivity contribution is 6.31. The van der Waals surface area contributed by atoms with Crippen LogP contribution in [-0.4, -0.2) is 9.72 Å². The minimum atomic E-state index is -0.580. The topological polar surface area (TPSA) is 48.0 Å². The number of hydrogen-bond acceptors (Lipinski definition) is 3. The Kier molecular flexibility index (Phi) is 4.30. The zero-order valence-corrected chi connectivity index (χ0v) is 13.1. The summed E-state index contributed by atoms with van der Waals surface area (Å²) in [6.07, 6.45) is 0.0778. The molecule has 0 aliphatic carbocycles. The smallest absolute Gasteiger partial charge is 0.296 e. The van der Waals surface area contributed by atoms with Crippen molar-refractivity contribution >= 4 is 11.6 Å². The van der Waals surface area contributed by atoms with Crippen molar-refractivity contribution in [3.63, 3.8) is 0 Å². The molecule has 1 unspecified atom stereocenters. The third-order valence-electron chi connectivity index (χ3n) is 3.77. The van der Waals surface area contributed by atoms with E-state index in [-0.39, 0.29) is 18.0 Å². The Balaban J connectivity index is 2.01. The molecule has 0 amide bonds. The Bertz CT molecular complexity index is 854. The van der Waals surface area contributed by atoms with E-state index >= 15 is 0 Å². The van der Waals surface area contributed by atoms with Crippen molar-refractivity contribution in [2.24, 2.45) is 0 Å². The van der Waals surface area contributed by atoms with Crippen LogP contribution >= 0.6 is 11.6 Å². The SMILES string of the molecule is CC(c1ccccc1)n1c(Cc2c(F)cccc2Cl)noc1=O. The molecule has 0 saturated carbocycles. The van der Waals surface area contributed by atoms with Gasteiger partial charge in [-0.05, 0) is 24.6 Å². The molecule has 0 saturated heterocycles. The zero-order chi connectivity index (χ0) is 16.4. The van der Waals surface area contributed by atoms with E-state index in [9.17, 15) is 9.18 Å². The molecule has 23 heavy (non-hydrogen) atoms. The van der Waals surface area contributed by atoms with Crippen LogP contribution in [-0.2, 0) is 6.42 Å². The highest BCUT2D eigenvalue weighted by Gasteiger charge is 2.20. The molecule has 0 N–H and O–H groups in total. The molecule has 1 atom stereocenters. The molecule has 0 aliphatic heterocycles. The molecule has 6 heteroatoms. The fraction of sp³-hybridized carbons (Fsp3) is 0.176. The maximum Gasteiger partial charge on any atom is 0.442 e. The highest BCUT2D eigenvalue weighted by Crippen LogP contribution is 2.23. The van der Waals surface area contributed by atoms with Crippen LogP contribution in [0, 0.1) is 5.82 Å². The average molecular weight is 333 g/mol. The van der Waals surface area contributed by atoms with Crippen molar-refractivity contribution < 1.29 is 8.91 Å². The monoisotopic (exact) mass is 332 g/mol. The van der Waals surface area contributed by atoms with Gasteiger partial charge in [0.25, 0.3) is 0 Å². The first-order chi connectivity index (χ1) is 11.1. The molecule has 4 nitrogen and oxygen atoms in total. The standard InChI is InChI=1S/C17H14ClFN2O2/c1-11(12-6-3-2-4-7-12)21-16(20-23-17(21)22)10-13-14(18)8-5-9-15(13)19/h2-9,11H,10H2,1H3. The summed E-state index contributed by atoms with van der Waals surface area (Å²) in [4.78, 5) is 12.0. The van der Waals surface area contributed by atoms with Crippen molar-refractivity contribution in [1.29, 1.82) is 0 Å². The molecular formula is C17H14ClFN2O2. The van der Waals surface area contributed by atoms with Crippen molar-refractivity contribution in [2.75, 3.05) is 0 Å². The fourth-order valence-corrected chi connectivity index (χ4v) is 2.75. The number of nitrogens with zero attached hydrogens (tertiary/aromatic N) is 2. The van der Waals surface area contributed by atoms with E-state index in [1.807, 2.05) is 37.3 Å². The summed E-state index contributed by atoms with van der Waals surface area (Å²) in [5.74, 6) is -0.686. The second-order valence-electron chi connectivity index (χ2n) is 5.20. The molecule has 3 aromatic rings. The first-order valence-corrected chi connectivity index (χ1v) is 7.50. The van der Waals surface area contributed by atoms with Crippen LogP contribution in [0.1, 0.15) is 29.9 Å². The van der Waals surface area contributed by atoms with Gasteiger partial charge in [0.15, 0.2) is 5.82 Å². The molecule has 118 valence electrons. The number of hydrogen-bond donors (Lipinski definition) is 0. The van der Waals surface area contributed by atoms with E-state index in [0.29, 0.717) is 10.8 Å². The van der Waals surface area contributed by atoms with E-state index in [2.05, 4.69) is 5.16 Å². The van der Waals surface area contributed by atoms with Gasteiger partial charge in [-0.25, -0.2) is 9.18 Å². The van der Waals surface area contributed by atoms with E-state index < -0.39 is 11.6 Å². The van der Waals surface area contributed by atoms with Crippen LogP contribution in [0.25, 0.3) is 0 Å². The Morgan fingerprint density at radius 2 is 1.96 bits per heavy atom. The number of benzene rings is 2. The van der Waals surface area contributed by atoms with E-state index in [1.165, 1.54) is 16.7 Å². The summed E-state index contributed by atoms with van der Waals surface area (Å²) in [7, 11) is 0. The summed E-state index contributed by atoms with van der Waals surface area (Å²) in [6.45, 7) is 1.86. The zero-order valence-electron chi connectivity index (χ0n) is 12.4. The van der Waals surface area contributed by atoms with Crippen LogP contribution in [0.4, 0.5) is 4.39 Å². The molecule has 0 spiro atoms. The van der Waals surface area contributed by atoms with Crippen molar-refractivity contribution in [3.05, 3.63) is 86.9 Å². The van der Waals surface area contributed by atoms with E-state index in [1.54, 1.807) is 6.07 Å². The summed E-state index contributed by atoms with van der Waals surface area (Å²) < 4.78 is 20.2. The third kappa shape index (κ3) is 3.05. The Morgan fingerprint density at radius 3 is 2.65 bits per heavy atom. The molecule has 2 aromatic carbocycles. The van der Waals surface area contributed by atoms with Crippen LogP contribution in [0.3, 0.4) is 0 Å². The lowest BCUT2D eigenvalue weighted by Crippen LogP contribution is -2.22. The predicted molar refractivity (Wildman–Crippen MR) is 85.2 cm³/mol. The normalized spacial score (nSPS) is 12.3. The van der Waals surface area contributed by atoms with Crippen LogP contribution in [0.15, 0.2) is 57.8 Å². The first kappa shape index (κ1) is 15.5. The van der Waals surface area contributed by atoms with Crippen molar-refractivity contribution in [2.45, 2.75) is 19.4 Å². The molecule has 1 aromatic heterocycles. The number of aromatic nitrogens is 2. The molecular weight excluding hydrogens is 319 g/mol. The van der Waals surface area contributed by atoms with Gasteiger partial charge in [-0.3, -0.25) is 9.09 Å². The quantitative estimate of drug-likeness (QED) is 0.729. The maximum absolute atomic E-state index is 14.0. The Morgan fingerprint density at radius 1 is 1.22 bits per heavy atom. The van der Waals surface area contributed by atoms with Gasteiger partial charge in [0.2, 0.25) is 0 Å². The third-order valence-corrected chi connectivity index (χ3v) is 4.12. The van der Waals surface area contributed by atoms with E-state index in [0.717, 1.165) is 5.56 Å². The first-order valence-electron chi connectivity index (χ1n) is 7.13. The minimum absolute atomic E-state index is 0.0778. The fourth-order valence-electron chi connectivity index (χ4n) is 2.52. The van der Waals surface area contributed by atoms with Gasteiger partial charge in [0.05, 0.1) is 6.04 Å². The molecule has 3 rings (SSSR count). The lowest BCUT2D eigenvalue weighted by molar-refractivity contribution is 0.370. The largest absolute Gasteiger partial charge is 0.442 e. The van der Waals surface area contributed by atoms with Gasteiger partial charge >= 0.3 is 5.76 Å². The lowest BCUT2D eigenvalue weighted by atomic mass is 10.1. The van der Waals surface area contributed by atoms with Crippen LogP contribution in [0.5, 0.6) is 0 Å². The highest BCUT2D eigenvalue weighted by atomic mass is 35.5. The van der Waals surface area contributed by atoms with Gasteiger partial charge in [-0.2, -0.15) is 0 Å². The lowest BCUT2D eigenvalue weighted by Gasteiger charge is -2.14. The number of halogens is 2. The van der Waals surface area contributed by atoms with Crippen LogP contribution in [0.2, 0.25) is 5.02 Å². The van der Waals surface area contributed by atoms with E-state index in [4.69, 9.17) is 16.1 Å². The minimum Gasteiger partial charge on any atom is -0.296 e. The predicted octanol–water partition coefficient (Wildman–Crippen LogP) is 3.83. The van der Waals surface area contributed by atoms with Crippen molar-refractivity contribution in [1.82, 2.24) is 9.72 Å². The maximum atomic E-state index is 14.0. The van der Waals surface area contributed by atoms with Gasteiger partial charge in [-0.15, -0.1) is 0 Å². The van der Waals surface area contributed by atoms with Crippen LogP contribution < -0.4 is 5.76 Å². The van der Waals surface area contributed by atoms with Gasteiger partial charge in [0.1, 0.15) is 5.82 Å².